The molecular weight excluding hydrogens is 290 g/mol. The predicted molar refractivity (Wildman–Crippen MR) is 83.4 cm³/mol. The highest BCUT2D eigenvalue weighted by Gasteiger charge is 2.18. The smallest absolute Gasteiger partial charge is 0.271 e. The quantitative estimate of drug-likeness (QED) is 0.860. The number of thioether (sulfide) groups is 1. The van der Waals surface area contributed by atoms with Gasteiger partial charge in [0.15, 0.2) is 0 Å². The number of hydrogen-bond acceptors (Lipinski definition) is 5. The summed E-state index contributed by atoms with van der Waals surface area (Å²) in [6, 6.07) is 3.83. The van der Waals surface area contributed by atoms with Gasteiger partial charge in [-0.05, 0) is 31.2 Å². The molecule has 0 aromatic carbocycles. The Kier molecular flexibility index (Phi) is 5.14. The maximum absolute atomic E-state index is 12.2. The number of carbonyl (C=O) groups is 1. The van der Waals surface area contributed by atoms with Crippen LogP contribution in [0.2, 0.25) is 0 Å². The van der Waals surface area contributed by atoms with Gasteiger partial charge in [-0.2, -0.15) is 0 Å². The molecule has 0 fully saturated rings. The molecule has 4 nitrogen and oxygen atoms in total. The molecule has 2 aromatic rings. The summed E-state index contributed by atoms with van der Waals surface area (Å²) in [5.74, 6) is -0.140. The summed E-state index contributed by atoms with van der Waals surface area (Å²) in [5, 5.41) is 4.80. The van der Waals surface area contributed by atoms with Gasteiger partial charge in [-0.25, -0.2) is 4.98 Å². The van der Waals surface area contributed by atoms with E-state index in [4.69, 9.17) is 0 Å². The van der Waals surface area contributed by atoms with E-state index in [-0.39, 0.29) is 11.9 Å². The molecule has 0 bridgehead atoms. The standard InChI is InChI=1S/C14H17N3OS2/c1-4-10(12-9(2)6-5-7-15-12)16-13(18)11-8-20-14(17-11)19-3/h5-8,10H,4H2,1-3H3,(H,16,18)/t10-/m1/s1. The maximum Gasteiger partial charge on any atom is 0.271 e. The zero-order chi connectivity index (χ0) is 14.5. The van der Waals surface area contributed by atoms with Crippen LogP contribution < -0.4 is 5.32 Å². The molecule has 0 spiro atoms. The molecule has 0 unspecified atom stereocenters. The molecule has 1 atom stereocenters. The molecule has 106 valence electrons. The number of thiazole rings is 1. The number of amides is 1. The van der Waals surface area contributed by atoms with Crippen molar-refractivity contribution in [1.29, 1.82) is 0 Å². The molecule has 2 rings (SSSR count). The first-order valence-corrected chi connectivity index (χ1v) is 8.48. The first-order valence-electron chi connectivity index (χ1n) is 6.37. The Labute approximate surface area is 127 Å². The molecule has 2 aromatic heterocycles. The van der Waals surface area contributed by atoms with Crippen molar-refractivity contribution in [3.63, 3.8) is 0 Å². The third kappa shape index (κ3) is 3.37. The number of nitrogens with zero attached hydrogens (tertiary/aromatic N) is 2. The first-order chi connectivity index (χ1) is 9.65. The number of pyridine rings is 1. The molecule has 0 saturated carbocycles. The Hall–Kier alpha value is -1.40. The zero-order valence-corrected chi connectivity index (χ0v) is 13.3. The summed E-state index contributed by atoms with van der Waals surface area (Å²) in [6.07, 6.45) is 4.50. The van der Waals surface area contributed by atoms with E-state index in [1.807, 2.05) is 32.2 Å². The summed E-state index contributed by atoms with van der Waals surface area (Å²) >= 11 is 3.03. The van der Waals surface area contributed by atoms with Crippen molar-refractivity contribution in [2.24, 2.45) is 0 Å². The van der Waals surface area contributed by atoms with E-state index in [0.29, 0.717) is 5.69 Å². The minimum Gasteiger partial charge on any atom is -0.342 e. The SMILES string of the molecule is CC[C@@H](NC(=O)c1csc(SC)n1)c1ncccc1C. The Balaban J connectivity index is 2.14. The third-order valence-corrected chi connectivity index (χ3v) is 4.85. The topological polar surface area (TPSA) is 54.9 Å². The highest BCUT2D eigenvalue weighted by Crippen LogP contribution is 2.21. The lowest BCUT2D eigenvalue weighted by atomic mass is 10.1. The molecule has 0 aliphatic rings. The minimum absolute atomic E-state index is 0.0804. The van der Waals surface area contributed by atoms with Gasteiger partial charge in [0, 0.05) is 11.6 Å². The van der Waals surface area contributed by atoms with E-state index >= 15 is 0 Å². The zero-order valence-electron chi connectivity index (χ0n) is 11.7. The van der Waals surface area contributed by atoms with Crippen molar-refractivity contribution in [3.8, 4) is 0 Å². The summed E-state index contributed by atoms with van der Waals surface area (Å²) in [4.78, 5) is 20.9. The number of carbonyl (C=O) groups excluding carboxylic acids is 1. The van der Waals surface area contributed by atoms with Crippen molar-refractivity contribution in [3.05, 3.63) is 40.7 Å². The Morgan fingerprint density at radius 1 is 1.55 bits per heavy atom. The van der Waals surface area contributed by atoms with Crippen LogP contribution in [0.1, 0.15) is 41.1 Å². The highest BCUT2D eigenvalue weighted by molar-refractivity contribution is 8.00. The molecule has 6 heteroatoms. The van der Waals surface area contributed by atoms with Gasteiger partial charge in [0.25, 0.3) is 5.91 Å². The first kappa shape index (κ1) is 15.0. The molecule has 0 saturated heterocycles. The lowest BCUT2D eigenvalue weighted by Crippen LogP contribution is -2.29. The fourth-order valence-electron chi connectivity index (χ4n) is 1.91. The van der Waals surface area contributed by atoms with Crippen LogP contribution in [0.3, 0.4) is 0 Å². The molecule has 0 aliphatic heterocycles. The van der Waals surface area contributed by atoms with Crippen LogP contribution in [-0.4, -0.2) is 22.1 Å². The van der Waals surface area contributed by atoms with Gasteiger partial charge in [-0.3, -0.25) is 9.78 Å². The minimum atomic E-state index is -0.140. The van der Waals surface area contributed by atoms with Gasteiger partial charge in [-0.15, -0.1) is 11.3 Å². The van der Waals surface area contributed by atoms with Gasteiger partial charge in [0.1, 0.15) is 10.0 Å². The van der Waals surface area contributed by atoms with Gasteiger partial charge in [-0.1, -0.05) is 24.8 Å². The summed E-state index contributed by atoms with van der Waals surface area (Å²) in [6.45, 7) is 4.04. The summed E-state index contributed by atoms with van der Waals surface area (Å²) < 4.78 is 0.900. The normalized spacial score (nSPS) is 12.2. The Morgan fingerprint density at radius 3 is 2.95 bits per heavy atom. The maximum atomic E-state index is 12.2. The van der Waals surface area contributed by atoms with Crippen molar-refractivity contribution in [1.82, 2.24) is 15.3 Å². The van der Waals surface area contributed by atoms with Gasteiger partial charge in [0.2, 0.25) is 0 Å². The van der Waals surface area contributed by atoms with Gasteiger partial charge < -0.3 is 5.32 Å². The van der Waals surface area contributed by atoms with E-state index in [1.54, 1.807) is 23.3 Å². The largest absolute Gasteiger partial charge is 0.342 e. The van der Waals surface area contributed by atoms with Crippen LogP contribution >= 0.6 is 23.1 Å². The monoisotopic (exact) mass is 307 g/mol. The second kappa shape index (κ2) is 6.85. The second-order valence-electron chi connectivity index (χ2n) is 4.34. The molecule has 1 amide bonds. The van der Waals surface area contributed by atoms with Crippen molar-refractivity contribution >= 4 is 29.0 Å². The number of nitrogens with one attached hydrogen (secondary N) is 1. The number of aryl methyl sites for hydroxylation is 1. The lowest BCUT2D eigenvalue weighted by Gasteiger charge is -2.17. The molecular formula is C14H17N3OS2. The molecule has 20 heavy (non-hydrogen) atoms. The second-order valence-corrected chi connectivity index (χ2v) is 6.25. The van der Waals surface area contributed by atoms with Gasteiger partial charge in [0.05, 0.1) is 11.7 Å². The van der Waals surface area contributed by atoms with E-state index in [2.05, 4.69) is 15.3 Å². The van der Waals surface area contributed by atoms with E-state index in [1.165, 1.54) is 11.3 Å². The van der Waals surface area contributed by atoms with Crippen LogP contribution in [0.4, 0.5) is 0 Å². The van der Waals surface area contributed by atoms with Crippen LogP contribution in [0, 0.1) is 6.92 Å². The van der Waals surface area contributed by atoms with Crippen LogP contribution in [0.15, 0.2) is 28.0 Å². The van der Waals surface area contributed by atoms with Crippen molar-refractivity contribution in [2.75, 3.05) is 6.26 Å². The van der Waals surface area contributed by atoms with E-state index in [0.717, 1.165) is 22.0 Å². The molecule has 0 radical (unpaired) electrons. The van der Waals surface area contributed by atoms with Crippen LogP contribution in [0.5, 0.6) is 0 Å². The average Bonchev–Trinajstić information content (AvgIpc) is 2.94. The van der Waals surface area contributed by atoms with E-state index < -0.39 is 0 Å². The molecule has 0 aliphatic carbocycles. The van der Waals surface area contributed by atoms with Gasteiger partial charge >= 0.3 is 0 Å². The number of hydrogen-bond donors (Lipinski definition) is 1. The fraction of sp³-hybridized carbons (Fsp3) is 0.357. The summed E-state index contributed by atoms with van der Waals surface area (Å²) in [7, 11) is 0. The van der Waals surface area contributed by atoms with E-state index in [9.17, 15) is 4.79 Å². The Bertz CT molecular complexity index is 598. The highest BCUT2D eigenvalue weighted by atomic mass is 32.2. The lowest BCUT2D eigenvalue weighted by molar-refractivity contribution is 0.0930. The number of rotatable bonds is 5. The van der Waals surface area contributed by atoms with Crippen LogP contribution in [0.25, 0.3) is 0 Å². The van der Waals surface area contributed by atoms with Crippen molar-refractivity contribution in [2.45, 2.75) is 30.6 Å². The number of aromatic nitrogens is 2. The van der Waals surface area contributed by atoms with Crippen LogP contribution in [-0.2, 0) is 0 Å². The predicted octanol–water partition coefficient (Wildman–Crippen LogP) is 3.45. The molecule has 2 heterocycles. The third-order valence-electron chi connectivity index (χ3n) is 2.98. The van der Waals surface area contributed by atoms with Crippen molar-refractivity contribution < 1.29 is 4.79 Å². The fourth-order valence-corrected chi connectivity index (χ4v) is 3.16. The average molecular weight is 307 g/mol. The molecule has 1 N–H and O–H groups in total. The summed E-state index contributed by atoms with van der Waals surface area (Å²) in [5.41, 5.74) is 2.48. The Morgan fingerprint density at radius 2 is 2.35 bits per heavy atom.